The lowest BCUT2D eigenvalue weighted by molar-refractivity contribution is 0.0824. The Kier molecular flexibility index (Phi) is 5.37. The largest absolute Gasteiger partial charge is 0.539 e. The summed E-state index contributed by atoms with van der Waals surface area (Å²) >= 11 is 0. The van der Waals surface area contributed by atoms with Gasteiger partial charge in [-0.3, -0.25) is 28.9 Å². The third kappa shape index (κ3) is 3.88. The van der Waals surface area contributed by atoms with Crippen LogP contribution in [0.5, 0.6) is 11.5 Å². The Balaban J connectivity index is 1.48. The number of carbonyl (C=O) groups excluding carboxylic acids is 2. The molecule has 0 aliphatic rings. The van der Waals surface area contributed by atoms with Gasteiger partial charge in [-0.2, -0.15) is 0 Å². The summed E-state index contributed by atoms with van der Waals surface area (Å²) in [5.41, 5.74) is -4.26. The van der Waals surface area contributed by atoms with Crippen LogP contribution in [0.2, 0.25) is 0 Å². The Bertz CT molecular complexity index is 1630. The van der Waals surface area contributed by atoms with Crippen molar-refractivity contribution in [1.29, 1.82) is 0 Å². The van der Waals surface area contributed by atoms with Gasteiger partial charge in [-0.05, 0) is 36.4 Å². The Morgan fingerprint density at radius 3 is 1.11 bits per heavy atom. The second-order valence-electron chi connectivity index (χ2n) is 7.27. The number of benzene rings is 3. The maximum absolute atomic E-state index is 12.7. The average molecular weight is 488 g/mol. The van der Waals surface area contributed by atoms with Gasteiger partial charge in [0.05, 0.1) is 21.5 Å². The summed E-state index contributed by atoms with van der Waals surface area (Å²) in [6.07, 6.45) is -2.71. The van der Waals surface area contributed by atoms with Gasteiger partial charge in [-0.15, -0.1) is 0 Å². The molecule has 0 N–H and O–H groups in total. The lowest BCUT2D eigenvalue weighted by Crippen LogP contribution is -2.37. The van der Waals surface area contributed by atoms with Crippen LogP contribution in [0.1, 0.15) is 0 Å². The van der Waals surface area contributed by atoms with Gasteiger partial charge in [0.25, 0.3) is 22.2 Å². The van der Waals surface area contributed by atoms with Crippen LogP contribution < -0.4 is 41.4 Å². The van der Waals surface area contributed by atoms with E-state index in [1.807, 2.05) is 0 Å². The van der Waals surface area contributed by atoms with Crippen LogP contribution in [-0.4, -0.2) is 21.8 Å². The quantitative estimate of drug-likeness (QED) is 0.266. The van der Waals surface area contributed by atoms with Gasteiger partial charge in [0.2, 0.25) is 0 Å². The van der Waals surface area contributed by atoms with Gasteiger partial charge in [0, 0.05) is 0 Å². The molecule has 178 valence electrons. The molecule has 2 aromatic heterocycles. The molecule has 0 spiro atoms. The molecule has 0 saturated heterocycles. The zero-order chi connectivity index (χ0) is 25.4. The highest BCUT2D eigenvalue weighted by molar-refractivity contribution is 5.97. The van der Waals surface area contributed by atoms with Crippen LogP contribution in [0.15, 0.2) is 92.0 Å². The lowest BCUT2D eigenvalue weighted by atomic mass is 10.1. The summed E-state index contributed by atoms with van der Waals surface area (Å²) in [5.74, 6) is 0.223. The fraction of sp³-hybridized carbons (Fsp3) is 0. The lowest BCUT2D eigenvalue weighted by Gasteiger charge is -2.03. The van der Waals surface area contributed by atoms with Crippen LogP contribution in [0.25, 0.3) is 21.5 Å². The topological polar surface area (TPSA) is 149 Å². The summed E-state index contributed by atoms with van der Waals surface area (Å²) in [5, 5.41) is -1.22. The van der Waals surface area contributed by atoms with Crippen LogP contribution in [0, 0.1) is 0 Å². The zero-order valence-electron chi connectivity index (χ0n) is 17.9. The minimum absolute atomic E-state index is 0.111. The zero-order valence-corrected chi connectivity index (χ0v) is 17.9. The van der Waals surface area contributed by atoms with Crippen molar-refractivity contribution in [2.24, 2.45) is 0 Å². The molecule has 3 aromatic carbocycles. The fourth-order valence-corrected chi connectivity index (χ4v) is 3.45. The van der Waals surface area contributed by atoms with E-state index < -0.39 is 34.5 Å². The van der Waals surface area contributed by atoms with Crippen LogP contribution in [-0.2, 0) is 0 Å². The molecule has 36 heavy (non-hydrogen) atoms. The molecule has 5 aromatic rings. The number of fused-ring (bicyclic) bond motifs is 2. The third-order valence-corrected chi connectivity index (χ3v) is 5.04. The molecule has 0 aliphatic heterocycles. The summed E-state index contributed by atoms with van der Waals surface area (Å²) in [7, 11) is 0. The summed E-state index contributed by atoms with van der Waals surface area (Å²) in [6.45, 7) is 0. The maximum atomic E-state index is 12.7. The van der Waals surface area contributed by atoms with E-state index in [1.165, 1.54) is 24.3 Å². The molecular formula is C24H12N2O10. The first-order valence-electron chi connectivity index (χ1n) is 10.2. The average Bonchev–Trinajstić information content (AvgIpc) is 3.24. The van der Waals surface area contributed by atoms with E-state index >= 15 is 0 Å². The highest BCUT2D eigenvalue weighted by Gasteiger charge is 2.24. The molecular weight excluding hydrogens is 476 g/mol. The van der Waals surface area contributed by atoms with Crippen LogP contribution in [0.4, 0.5) is 9.59 Å². The molecule has 0 saturated carbocycles. The normalized spacial score (nSPS) is 10.9. The van der Waals surface area contributed by atoms with Gasteiger partial charge in [-0.1, -0.05) is 45.9 Å². The van der Waals surface area contributed by atoms with E-state index in [9.17, 15) is 28.8 Å². The number of rotatable bonds is 4. The van der Waals surface area contributed by atoms with E-state index in [1.54, 1.807) is 36.4 Å². The second-order valence-corrected chi connectivity index (χ2v) is 7.27. The molecule has 0 radical (unpaired) electrons. The number of hydrogen-bond donors (Lipinski definition) is 0. The van der Waals surface area contributed by atoms with Crippen LogP contribution in [0.3, 0.4) is 0 Å². The van der Waals surface area contributed by atoms with Gasteiger partial charge in [-0.25, -0.2) is 9.59 Å². The van der Waals surface area contributed by atoms with Gasteiger partial charge in [0.15, 0.2) is 0 Å². The Morgan fingerprint density at radius 1 is 0.500 bits per heavy atom. The molecule has 0 unspecified atom stereocenters. The van der Waals surface area contributed by atoms with E-state index in [0.29, 0.717) is 0 Å². The highest BCUT2D eigenvalue weighted by atomic mass is 16.8. The van der Waals surface area contributed by atoms with Crippen molar-refractivity contribution in [3.8, 4) is 11.5 Å². The minimum atomic E-state index is -1.35. The summed E-state index contributed by atoms with van der Waals surface area (Å²) in [6, 6.07) is 17.5. The summed E-state index contributed by atoms with van der Waals surface area (Å²) in [4.78, 5) is 84.4. The summed E-state index contributed by atoms with van der Waals surface area (Å²) < 4.78 is 10.1. The number of carbonyl (C=O) groups is 2. The van der Waals surface area contributed by atoms with E-state index in [4.69, 9.17) is 19.1 Å². The van der Waals surface area contributed by atoms with E-state index in [0.717, 1.165) is 12.1 Å². The number of para-hydroxylation sites is 2. The highest BCUT2D eigenvalue weighted by Crippen LogP contribution is 2.15. The van der Waals surface area contributed by atoms with Crippen molar-refractivity contribution in [2.75, 3.05) is 0 Å². The first kappa shape index (κ1) is 22.3. The van der Waals surface area contributed by atoms with Crippen LogP contribution >= 0.6 is 0 Å². The molecule has 12 nitrogen and oxygen atoms in total. The van der Waals surface area contributed by atoms with Crippen molar-refractivity contribution < 1.29 is 28.7 Å². The van der Waals surface area contributed by atoms with Gasteiger partial charge >= 0.3 is 12.3 Å². The van der Waals surface area contributed by atoms with Crippen molar-refractivity contribution in [3.63, 3.8) is 0 Å². The Morgan fingerprint density at radius 2 is 0.806 bits per heavy atom. The van der Waals surface area contributed by atoms with Crippen molar-refractivity contribution >= 4 is 33.9 Å². The van der Waals surface area contributed by atoms with Gasteiger partial charge in [0.1, 0.15) is 11.5 Å². The predicted octanol–water partition coefficient (Wildman–Crippen LogP) is 1.17. The van der Waals surface area contributed by atoms with Crippen molar-refractivity contribution in [2.45, 2.75) is 0 Å². The van der Waals surface area contributed by atoms with Crippen molar-refractivity contribution in [3.05, 3.63) is 114 Å². The smallest absolute Gasteiger partial charge is 0.393 e. The maximum Gasteiger partial charge on any atom is 0.539 e. The van der Waals surface area contributed by atoms with Crippen molar-refractivity contribution in [1.82, 2.24) is 9.46 Å². The standard InChI is InChI=1S/C24H12N2O10/c27-19-15-11-17-18(22(30)26(21(17)29)36-24(32)34-14-9-5-2-6-10-14)12-16(15)20(28)25(19)35-23(31)33-13-7-3-1-4-8-13/h1-12H. The molecule has 0 aliphatic carbocycles. The third-order valence-electron chi connectivity index (χ3n) is 5.04. The molecule has 0 bridgehead atoms. The second kappa shape index (κ2) is 8.68. The number of hydrogen-bond acceptors (Lipinski definition) is 10. The number of ether oxygens (including phenoxy) is 2. The minimum Gasteiger partial charge on any atom is -0.393 e. The predicted molar refractivity (Wildman–Crippen MR) is 123 cm³/mol. The number of aromatic nitrogens is 2. The Labute approximate surface area is 198 Å². The molecule has 5 rings (SSSR count). The molecule has 2 heterocycles. The van der Waals surface area contributed by atoms with Gasteiger partial charge < -0.3 is 9.47 Å². The molecule has 0 atom stereocenters. The molecule has 0 fully saturated rings. The first-order chi connectivity index (χ1) is 17.3. The monoisotopic (exact) mass is 488 g/mol. The molecule has 0 amide bonds. The SMILES string of the molecule is O=C(Oc1ccccc1)On1c(=O)c2cc3c(=O)n(OC(=O)Oc4ccccc4)c(=O)c3cc2c1=O. The number of nitrogens with zero attached hydrogens (tertiary/aromatic N) is 2. The Hall–Kier alpha value is -5.52. The van der Waals surface area contributed by atoms with E-state index in [-0.39, 0.29) is 42.5 Å². The van der Waals surface area contributed by atoms with E-state index in [2.05, 4.69) is 0 Å². The fourth-order valence-electron chi connectivity index (χ4n) is 3.45. The first-order valence-corrected chi connectivity index (χ1v) is 10.2. The molecule has 12 heteroatoms.